The zero-order valence-corrected chi connectivity index (χ0v) is 18.2. The van der Waals surface area contributed by atoms with E-state index in [0.29, 0.717) is 16.8 Å². The maximum Gasteiger partial charge on any atom is 0.387 e. The average molecular weight is 450 g/mol. The number of halogens is 2. The lowest BCUT2D eigenvalue weighted by Gasteiger charge is -2.24. The topological polar surface area (TPSA) is 58.6 Å². The fourth-order valence-electron chi connectivity index (χ4n) is 3.13. The molecule has 170 valence electrons. The molecule has 0 aliphatic rings. The highest BCUT2D eigenvalue weighted by Crippen LogP contribution is 2.23. The van der Waals surface area contributed by atoms with E-state index < -0.39 is 6.61 Å². The fraction of sp³-hybridized carbons (Fsp3) is 0.154. The van der Waals surface area contributed by atoms with Gasteiger partial charge in [0.1, 0.15) is 5.75 Å². The van der Waals surface area contributed by atoms with Gasteiger partial charge in [-0.1, -0.05) is 42.5 Å². The van der Waals surface area contributed by atoms with E-state index in [1.54, 1.807) is 60.5 Å². The molecule has 3 aromatic carbocycles. The molecule has 0 heterocycles. The first-order valence-electron chi connectivity index (χ1n) is 10.3. The Balaban J connectivity index is 1.63. The van der Waals surface area contributed by atoms with E-state index in [9.17, 15) is 18.4 Å². The highest BCUT2D eigenvalue weighted by atomic mass is 19.3. The maximum atomic E-state index is 12.6. The highest BCUT2D eigenvalue weighted by Gasteiger charge is 2.16. The van der Waals surface area contributed by atoms with Crippen molar-refractivity contribution in [1.82, 2.24) is 4.90 Å². The SMILES string of the molecule is CC(c1cccc(NC(=O)c2ccccc2)c1)N(C)C(=O)/C=C/c1ccc(OC(F)F)cc1. The van der Waals surface area contributed by atoms with E-state index in [1.165, 1.54) is 18.2 Å². The second-order valence-corrected chi connectivity index (χ2v) is 7.35. The van der Waals surface area contributed by atoms with Crippen LogP contribution in [0, 0.1) is 0 Å². The first-order chi connectivity index (χ1) is 15.8. The molecule has 3 aromatic rings. The number of anilines is 1. The first kappa shape index (κ1) is 23.7. The van der Waals surface area contributed by atoms with Gasteiger partial charge in [-0.15, -0.1) is 0 Å². The van der Waals surface area contributed by atoms with Gasteiger partial charge in [-0.3, -0.25) is 9.59 Å². The van der Waals surface area contributed by atoms with E-state index in [4.69, 9.17) is 0 Å². The third-order valence-electron chi connectivity index (χ3n) is 5.12. The average Bonchev–Trinajstić information content (AvgIpc) is 2.82. The van der Waals surface area contributed by atoms with Gasteiger partial charge in [-0.05, 0) is 60.5 Å². The van der Waals surface area contributed by atoms with E-state index >= 15 is 0 Å². The molecule has 0 aliphatic carbocycles. The molecule has 3 rings (SSSR count). The molecule has 0 spiro atoms. The van der Waals surface area contributed by atoms with Crippen LogP contribution in [-0.2, 0) is 4.79 Å². The molecule has 7 heteroatoms. The van der Waals surface area contributed by atoms with E-state index in [0.717, 1.165) is 5.56 Å². The second-order valence-electron chi connectivity index (χ2n) is 7.35. The van der Waals surface area contributed by atoms with Crippen molar-refractivity contribution in [3.63, 3.8) is 0 Å². The Kier molecular flexibility index (Phi) is 7.91. The second kappa shape index (κ2) is 11.0. The summed E-state index contributed by atoms with van der Waals surface area (Å²) < 4.78 is 28.8. The van der Waals surface area contributed by atoms with Crippen molar-refractivity contribution < 1.29 is 23.1 Å². The normalized spacial score (nSPS) is 11.9. The number of alkyl halides is 2. The molecule has 1 unspecified atom stereocenters. The van der Waals surface area contributed by atoms with E-state index in [1.807, 2.05) is 31.2 Å². The monoisotopic (exact) mass is 450 g/mol. The third-order valence-corrected chi connectivity index (χ3v) is 5.12. The summed E-state index contributed by atoms with van der Waals surface area (Å²) in [5, 5.41) is 2.87. The highest BCUT2D eigenvalue weighted by molar-refractivity contribution is 6.04. The Morgan fingerprint density at radius 2 is 1.67 bits per heavy atom. The largest absolute Gasteiger partial charge is 0.435 e. The van der Waals surface area contributed by atoms with Gasteiger partial charge in [0, 0.05) is 24.4 Å². The van der Waals surface area contributed by atoms with Crippen LogP contribution in [0.15, 0.2) is 84.9 Å². The van der Waals surface area contributed by atoms with Crippen LogP contribution in [-0.4, -0.2) is 30.4 Å². The molecule has 0 saturated heterocycles. The first-order valence-corrected chi connectivity index (χ1v) is 10.3. The Hall–Kier alpha value is -4.00. The van der Waals surface area contributed by atoms with Crippen molar-refractivity contribution in [2.75, 3.05) is 12.4 Å². The number of benzene rings is 3. The van der Waals surface area contributed by atoms with Crippen LogP contribution in [0.3, 0.4) is 0 Å². The van der Waals surface area contributed by atoms with Gasteiger partial charge in [0.15, 0.2) is 0 Å². The van der Waals surface area contributed by atoms with Crippen molar-refractivity contribution in [3.05, 3.63) is 102 Å². The van der Waals surface area contributed by atoms with Gasteiger partial charge in [0.05, 0.1) is 6.04 Å². The van der Waals surface area contributed by atoms with E-state index in [2.05, 4.69) is 10.1 Å². The van der Waals surface area contributed by atoms with Crippen LogP contribution in [0.25, 0.3) is 6.08 Å². The number of nitrogens with zero attached hydrogens (tertiary/aromatic N) is 1. The number of nitrogens with one attached hydrogen (secondary N) is 1. The predicted octanol–water partition coefficient (Wildman–Crippen LogP) is 5.77. The Morgan fingerprint density at radius 3 is 2.33 bits per heavy atom. The molecular formula is C26H24F2N2O3. The molecule has 33 heavy (non-hydrogen) atoms. The summed E-state index contributed by atoms with van der Waals surface area (Å²) in [7, 11) is 1.69. The minimum atomic E-state index is -2.88. The molecule has 0 fully saturated rings. The fourth-order valence-corrected chi connectivity index (χ4v) is 3.13. The van der Waals surface area contributed by atoms with E-state index in [-0.39, 0.29) is 23.6 Å². The summed E-state index contributed by atoms with van der Waals surface area (Å²) in [6.07, 6.45) is 3.02. The van der Waals surface area contributed by atoms with Crippen LogP contribution in [0.4, 0.5) is 14.5 Å². The van der Waals surface area contributed by atoms with Gasteiger partial charge >= 0.3 is 6.61 Å². The van der Waals surface area contributed by atoms with Crippen molar-refractivity contribution >= 4 is 23.6 Å². The van der Waals surface area contributed by atoms with Crippen LogP contribution in [0.2, 0.25) is 0 Å². The van der Waals surface area contributed by atoms with Gasteiger partial charge in [-0.2, -0.15) is 8.78 Å². The Labute approximate surface area is 191 Å². The third kappa shape index (κ3) is 6.74. The van der Waals surface area contributed by atoms with Crippen molar-refractivity contribution in [2.45, 2.75) is 19.6 Å². The summed E-state index contributed by atoms with van der Waals surface area (Å²) >= 11 is 0. The van der Waals surface area contributed by atoms with Gasteiger partial charge in [0.25, 0.3) is 5.91 Å². The number of likely N-dealkylation sites (N-methyl/N-ethyl adjacent to an activating group) is 1. The zero-order chi connectivity index (χ0) is 23.8. The minimum Gasteiger partial charge on any atom is -0.435 e. The smallest absolute Gasteiger partial charge is 0.387 e. The minimum absolute atomic E-state index is 0.0541. The lowest BCUT2D eigenvalue weighted by molar-refractivity contribution is -0.126. The van der Waals surface area contributed by atoms with Crippen molar-refractivity contribution in [2.24, 2.45) is 0 Å². The van der Waals surface area contributed by atoms with Crippen LogP contribution in [0.5, 0.6) is 5.75 Å². The molecule has 0 aliphatic heterocycles. The van der Waals surface area contributed by atoms with Crippen molar-refractivity contribution in [1.29, 1.82) is 0 Å². The quantitative estimate of drug-likeness (QED) is 0.443. The number of carbonyl (C=O) groups is 2. The van der Waals surface area contributed by atoms with Crippen LogP contribution < -0.4 is 10.1 Å². The van der Waals surface area contributed by atoms with Crippen LogP contribution in [0.1, 0.15) is 34.5 Å². The molecule has 0 saturated carbocycles. The predicted molar refractivity (Wildman–Crippen MR) is 124 cm³/mol. The summed E-state index contributed by atoms with van der Waals surface area (Å²) in [6, 6.07) is 22.0. The molecule has 1 atom stereocenters. The van der Waals surface area contributed by atoms with Gasteiger partial charge in [-0.25, -0.2) is 0 Å². The zero-order valence-electron chi connectivity index (χ0n) is 18.2. The number of hydrogen-bond acceptors (Lipinski definition) is 3. The van der Waals surface area contributed by atoms with Gasteiger partial charge < -0.3 is 15.0 Å². The lowest BCUT2D eigenvalue weighted by Crippen LogP contribution is -2.28. The molecule has 0 bridgehead atoms. The summed E-state index contributed by atoms with van der Waals surface area (Å²) in [6.45, 7) is -0.992. The number of carbonyl (C=O) groups excluding carboxylic acids is 2. The number of hydrogen-bond donors (Lipinski definition) is 1. The summed E-state index contributed by atoms with van der Waals surface area (Å²) in [5.74, 6) is -0.384. The number of amides is 2. The van der Waals surface area contributed by atoms with Gasteiger partial charge in [0.2, 0.25) is 5.91 Å². The molecular weight excluding hydrogens is 426 g/mol. The molecule has 2 amide bonds. The van der Waals surface area contributed by atoms with Crippen LogP contribution >= 0.6 is 0 Å². The molecule has 0 aromatic heterocycles. The molecule has 5 nitrogen and oxygen atoms in total. The Bertz CT molecular complexity index is 1120. The number of rotatable bonds is 8. The lowest BCUT2D eigenvalue weighted by atomic mass is 10.1. The standard InChI is InChI=1S/C26H24F2N2O3/c1-18(21-9-6-10-22(17-21)29-25(32)20-7-4-3-5-8-20)30(2)24(31)16-13-19-11-14-23(15-12-19)33-26(27)28/h3-18,26H,1-2H3,(H,29,32)/b16-13+. The van der Waals surface area contributed by atoms with Crippen molar-refractivity contribution in [3.8, 4) is 5.75 Å². The molecule has 0 radical (unpaired) electrons. The molecule has 1 N–H and O–H groups in total. The maximum absolute atomic E-state index is 12.6. The number of ether oxygens (including phenoxy) is 1. The summed E-state index contributed by atoms with van der Waals surface area (Å²) in [4.78, 5) is 26.6. The summed E-state index contributed by atoms with van der Waals surface area (Å²) in [5.41, 5.74) is 2.73. The Morgan fingerprint density at radius 1 is 0.970 bits per heavy atom.